The Hall–Kier alpha value is 0.540. The van der Waals surface area contributed by atoms with Gasteiger partial charge < -0.3 is 18.1 Å². The molecule has 0 aliphatic rings. The molecule has 34 valence electrons. The Labute approximate surface area is 45.7 Å². The normalized spacial score (nSPS) is 14.8. The summed E-state index contributed by atoms with van der Waals surface area (Å²) < 4.78 is 13.1. The highest BCUT2D eigenvalue weighted by Gasteiger charge is 1.62. The van der Waals surface area contributed by atoms with Crippen molar-refractivity contribution < 1.29 is 20.9 Å². The number of alkyl halides is 1. The van der Waals surface area contributed by atoms with Crippen LogP contribution in [0.1, 0.15) is 2.74 Å². The van der Waals surface area contributed by atoms with Gasteiger partial charge in [-0.15, -0.1) is 11.6 Å². The summed E-state index contributed by atoms with van der Waals surface area (Å²) in [7, 11) is 0. The molecule has 0 saturated carbocycles. The second kappa shape index (κ2) is 8.82. The second-order valence-electron chi connectivity index (χ2n) is 0.384. The van der Waals surface area contributed by atoms with Gasteiger partial charge in [-0.25, -0.2) is 0 Å². The molecule has 5 heavy (non-hydrogen) atoms. The fourth-order valence-electron chi connectivity index (χ4n) is 0. The summed E-state index contributed by atoms with van der Waals surface area (Å²) in [5.74, 6) is -1.60. The summed E-state index contributed by atoms with van der Waals surface area (Å²) in [6, 6.07) is 0. The van der Waals surface area contributed by atoms with E-state index in [1.807, 2.05) is 0 Å². The predicted octanol–water partition coefficient (Wildman–Crippen LogP) is -3.53. The maximum absolute atomic E-state index is 6.55. The molecular formula is C2H7Cl2N. The molecule has 0 fully saturated rings. The highest BCUT2D eigenvalue weighted by atomic mass is 35.5. The van der Waals surface area contributed by atoms with Gasteiger partial charge in [0.1, 0.15) is 0 Å². The number of quaternary nitrogens is 1. The SMILES string of the molecule is [2H]C([2H])(Cl)C[NH3+].[Cl-]. The van der Waals surface area contributed by atoms with Gasteiger partial charge in [0.2, 0.25) is 0 Å². The van der Waals surface area contributed by atoms with E-state index in [2.05, 4.69) is 5.73 Å². The van der Waals surface area contributed by atoms with Gasteiger partial charge in [-0.3, -0.25) is 0 Å². The number of hydrogen-bond acceptors (Lipinski definition) is 0. The van der Waals surface area contributed by atoms with Crippen LogP contribution in [-0.2, 0) is 0 Å². The minimum Gasteiger partial charge on any atom is -1.00 e. The van der Waals surface area contributed by atoms with Gasteiger partial charge >= 0.3 is 0 Å². The van der Waals surface area contributed by atoms with E-state index in [4.69, 9.17) is 14.3 Å². The Morgan fingerprint density at radius 3 is 2.20 bits per heavy atom. The van der Waals surface area contributed by atoms with Crippen molar-refractivity contribution in [2.24, 2.45) is 0 Å². The van der Waals surface area contributed by atoms with E-state index in [1.54, 1.807) is 0 Å². The minimum atomic E-state index is -1.60. The van der Waals surface area contributed by atoms with Gasteiger partial charge in [-0.05, 0) is 0 Å². The van der Waals surface area contributed by atoms with E-state index in [9.17, 15) is 0 Å². The number of halogens is 2. The lowest BCUT2D eigenvalue weighted by Crippen LogP contribution is -3.00. The van der Waals surface area contributed by atoms with E-state index in [0.717, 1.165) is 0 Å². The maximum Gasteiger partial charge on any atom is 0.0877 e. The molecule has 0 saturated heterocycles. The van der Waals surface area contributed by atoms with Crippen LogP contribution >= 0.6 is 11.6 Å². The minimum absolute atomic E-state index is 0. The van der Waals surface area contributed by atoms with E-state index in [-0.39, 0.29) is 19.0 Å². The second-order valence-corrected chi connectivity index (χ2v) is 0.651. The monoisotopic (exact) mass is 117 g/mol. The molecule has 0 aromatic heterocycles. The van der Waals surface area contributed by atoms with E-state index < -0.39 is 5.83 Å². The smallest absolute Gasteiger partial charge is 0.0877 e. The van der Waals surface area contributed by atoms with Crippen LogP contribution in [0.5, 0.6) is 0 Å². The van der Waals surface area contributed by atoms with Crippen molar-refractivity contribution in [3.63, 3.8) is 0 Å². The summed E-state index contributed by atoms with van der Waals surface area (Å²) in [6.45, 7) is 0.120. The van der Waals surface area contributed by atoms with Crippen molar-refractivity contribution in [3.8, 4) is 0 Å². The van der Waals surface area contributed by atoms with E-state index >= 15 is 0 Å². The molecule has 0 aromatic carbocycles. The fourth-order valence-corrected chi connectivity index (χ4v) is 0. The molecule has 0 bridgehead atoms. The molecule has 3 heteroatoms. The summed E-state index contributed by atoms with van der Waals surface area (Å²) in [5, 5.41) is 0. The third kappa shape index (κ3) is 12.4. The van der Waals surface area contributed by atoms with Crippen molar-refractivity contribution >= 4 is 11.6 Å². The lowest BCUT2D eigenvalue weighted by molar-refractivity contribution is -0.360. The summed E-state index contributed by atoms with van der Waals surface area (Å²) in [5.41, 5.74) is 3.25. The zero-order valence-corrected chi connectivity index (χ0v) is 4.18. The van der Waals surface area contributed by atoms with E-state index in [0.29, 0.717) is 0 Å². The van der Waals surface area contributed by atoms with Crippen molar-refractivity contribution in [2.75, 3.05) is 12.4 Å². The Bertz CT molecular complexity index is 43.4. The zero-order chi connectivity index (χ0) is 5.21. The molecule has 0 aliphatic heterocycles. The summed E-state index contributed by atoms with van der Waals surface area (Å²) >= 11 is 4.99. The average molecular weight is 118 g/mol. The Morgan fingerprint density at radius 1 is 2.00 bits per heavy atom. The summed E-state index contributed by atoms with van der Waals surface area (Å²) in [6.07, 6.45) is 0. The lowest BCUT2D eigenvalue weighted by atomic mass is 10.8. The van der Waals surface area contributed by atoms with Gasteiger partial charge in [-0.2, -0.15) is 0 Å². The van der Waals surface area contributed by atoms with Gasteiger partial charge in [0, 0.05) is 2.74 Å². The highest BCUT2D eigenvalue weighted by molar-refractivity contribution is 6.17. The lowest BCUT2D eigenvalue weighted by Gasteiger charge is -1.64. The van der Waals surface area contributed by atoms with Crippen LogP contribution in [0.3, 0.4) is 0 Å². The first-order valence-electron chi connectivity index (χ1n) is 2.04. The molecule has 3 N–H and O–H groups in total. The van der Waals surface area contributed by atoms with Gasteiger partial charge in [0.25, 0.3) is 0 Å². The van der Waals surface area contributed by atoms with E-state index in [1.165, 1.54) is 0 Å². The van der Waals surface area contributed by atoms with Crippen LogP contribution in [0, 0.1) is 0 Å². The largest absolute Gasteiger partial charge is 1.00 e. The molecule has 0 aromatic rings. The number of rotatable bonds is 1. The Kier molecular flexibility index (Phi) is 6.56. The summed E-state index contributed by atoms with van der Waals surface area (Å²) in [4.78, 5) is 0. The van der Waals surface area contributed by atoms with Gasteiger partial charge in [0.05, 0.1) is 12.4 Å². The quantitative estimate of drug-likeness (QED) is 0.345. The van der Waals surface area contributed by atoms with Crippen LogP contribution in [-0.4, -0.2) is 12.4 Å². The molecule has 0 aliphatic carbocycles. The van der Waals surface area contributed by atoms with Crippen LogP contribution in [0.25, 0.3) is 0 Å². The Balaban J connectivity index is 0. The molecule has 0 atom stereocenters. The van der Waals surface area contributed by atoms with Gasteiger partial charge in [-0.1, -0.05) is 0 Å². The van der Waals surface area contributed by atoms with Crippen molar-refractivity contribution in [1.82, 2.24) is 0 Å². The molecule has 0 spiro atoms. The van der Waals surface area contributed by atoms with Gasteiger partial charge in [0.15, 0.2) is 0 Å². The zero-order valence-electron chi connectivity index (χ0n) is 4.67. The van der Waals surface area contributed by atoms with Crippen molar-refractivity contribution in [2.45, 2.75) is 0 Å². The molecule has 0 rings (SSSR count). The molecule has 0 unspecified atom stereocenters. The first kappa shape index (κ1) is 3.72. The maximum atomic E-state index is 6.55. The van der Waals surface area contributed by atoms with Crippen molar-refractivity contribution in [1.29, 1.82) is 0 Å². The molecule has 0 radical (unpaired) electrons. The topological polar surface area (TPSA) is 27.6 Å². The third-order valence-electron chi connectivity index (χ3n) is 0.0945. The van der Waals surface area contributed by atoms with Crippen LogP contribution in [0.4, 0.5) is 0 Å². The molecular weight excluding hydrogens is 109 g/mol. The Morgan fingerprint density at radius 2 is 2.20 bits per heavy atom. The first-order valence-corrected chi connectivity index (χ1v) is 1.42. The third-order valence-corrected chi connectivity index (χ3v) is 0.283. The number of hydrogen-bond donors (Lipinski definition) is 1. The molecule has 0 amide bonds. The molecule has 0 heterocycles. The van der Waals surface area contributed by atoms with Crippen LogP contribution in [0.15, 0.2) is 0 Å². The van der Waals surface area contributed by atoms with Crippen molar-refractivity contribution in [3.05, 3.63) is 0 Å². The van der Waals surface area contributed by atoms with Crippen LogP contribution < -0.4 is 18.1 Å². The first-order chi connectivity index (χ1) is 2.56. The van der Waals surface area contributed by atoms with Crippen LogP contribution in [0.2, 0.25) is 0 Å². The average Bonchev–Trinajstić information content (AvgIpc) is 1.35. The standard InChI is InChI=1S/C2H6ClN.ClH/c3-1-2-4;/h1-2,4H2;1H/i1D2;. The fraction of sp³-hybridized carbons (Fsp3) is 1.00. The highest BCUT2D eigenvalue weighted by Crippen LogP contribution is 1.58. The molecule has 1 nitrogen and oxygen atoms in total. The predicted molar refractivity (Wildman–Crippen MR) is 18.5 cm³/mol.